The summed E-state index contributed by atoms with van der Waals surface area (Å²) in [7, 11) is 1.14. The van der Waals surface area contributed by atoms with E-state index in [1.165, 1.54) is 0 Å². The molecule has 0 bridgehead atoms. The van der Waals surface area contributed by atoms with Gasteiger partial charge < -0.3 is 19.7 Å². The van der Waals surface area contributed by atoms with E-state index in [1.807, 2.05) is 0 Å². The molecule has 15 heavy (non-hydrogen) atoms. The molecule has 0 spiro atoms. The summed E-state index contributed by atoms with van der Waals surface area (Å²) in [6.45, 7) is -0.151. The highest BCUT2D eigenvalue weighted by molar-refractivity contribution is 5.75. The topological polar surface area (TPSA) is 125 Å². The number of hydrogen-bond donors (Lipinski definition) is 2. The quantitative estimate of drug-likeness (QED) is 0.270. The maximum Gasteiger partial charge on any atom is 0.337 e. The lowest BCUT2D eigenvalue weighted by atomic mass is 10.1. The van der Waals surface area contributed by atoms with E-state index in [-0.39, 0.29) is 6.54 Å². The minimum atomic E-state index is -1.36. The van der Waals surface area contributed by atoms with Crippen LogP contribution < -0.4 is 0 Å². The summed E-state index contributed by atoms with van der Waals surface area (Å²) >= 11 is 0. The largest absolute Gasteiger partial charge is 0.467 e. The first-order valence-corrected chi connectivity index (χ1v) is 4.22. The average molecular weight is 217 g/mol. The van der Waals surface area contributed by atoms with Gasteiger partial charge in [-0.2, -0.15) is 0 Å². The molecule has 1 rings (SSSR count). The minimum Gasteiger partial charge on any atom is -0.467 e. The van der Waals surface area contributed by atoms with Crippen LogP contribution in [0, 0.1) is 0 Å². The van der Waals surface area contributed by atoms with Crippen molar-refractivity contribution in [3.63, 3.8) is 0 Å². The lowest BCUT2D eigenvalue weighted by molar-refractivity contribution is -0.156. The monoisotopic (exact) mass is 217 g/mol. The van der Waals surface area contributed by atoms with Crippen molar-refractivity contribution in [1.82, 2.24) is 0 Å². The number of methoxy groups -OCH3 is 1. The fraction of sp³-hybridized carbons (Fsp3) is 0.857. The molecular weight excluding hydrogens is 206 g/mol. The Morgan fingerprint density at radius 1 is 1.60 bits per heavy atom. The maximum atomic E-state index is 11.1. The Bertz CT molecular complexity index is 290. The summed E-state index contributed by atoms with van der Waals surface area (Å²) in [4.78, 5) is 13.6. The van der Waals surface area contributed by atoms with Crippen molar-refractivity contribution < 1.29 is 24.5 Å². The van der Waals surface area contributed by atoms with Crippen LogP contribution in [-0.4, -0.2) is 54.3 Å². The molecule has 0 aliphatic carbocycles. The second-order valence-electron chi connectivity index (χ2n) is 3.01. The van der Waals surface area contributed by atoms with Gasteiger partial charge >= 0.3 is 5.97 Å². The smallest absolute Gasteiger partial charge is 0.337 e. The first-order chi connectivity index (χ1) is 7.11. The molecule has 84 valence electrons. The van der Waals surface area contributed by atoms with E-state index >= 15 is 0 Å². The van der Waals surface area contributed by atoms with Gasteiger partial charge in [0.05, 0.1) is 19.8 Å². The first-order valence-electron chi connectivity index (χ1n) is 4.22. The minimum absolute atomic E-state index is 0.151. The van der Waals surface area contributed by atoms with Gasteiger partial charge in [-0.3, -0.25) is 0 Å². The number of esters is 1. The third-order valence-corrected chi connectivity index (χ3v) is 2.12. The lowest BCUT2D eigenvalue weighted by Gasteiger charge is -2.11. The third kappa shape index (κ3) is 2.37. The van der Waals surface area contributed by atoms with E-state index in [1.54, 1.807) is 0 Å². The van der Waals surface area contributed by atoms with E-state index in [0.29, 0.717) is 0 Å². The molecule has 0 aromatic carbocycles. The maximum absolute atomic E-state index is 11.1. The van der Waals surface area contributed by atoms with Crippen LogP contribution >= 0.6 is 0 Å². The van der Waals surface area contributed by atoms with Gasteiger partial charge in [-0.1, -0.05) is 5.11 Å². The zero-order valence-corrected chi connectivity index (χ0v) is 7.98. The Kier molecular flexibility index (Phi) is 3.87. The van der Waals surface area contributed by atoms with Crippen LogP contribution in [0.25, 0.3) is 10.4 Å². The Labute approximate surface area is 85.0 Å². The van der Waals surface area contributed by atoms with Crippen LogP contribution in [0.4, 0.5) is 0 Å². The van der Waals surface area contributed by atoms with Crippen LogP contribution in [0.1, 0.15) is 0 Å². The predicted molar refractivity (Wildman–Crippen MR) is 46.7 cm³/mol. The highest BCUT2D eigenvalue weighted by Crippen LogP contribution is 2.22. The van der Waals surface area contributed by atoms with Gasteiger partial charge in [0, 0.05) is 4.91 Å². The van der Waals surface area contributed by atoms with E-state index in [0.717, 1.165) is 7.11 Å². The molecule has 0 aromatic heterocycles. The summed E-state index contributed by atoms with van der Waals surface area (Å²) < 4.78 is 9.37. The van der Waals surface area contributed by atoms with Gasteiger partial charge in [-0.15, -0.1) is 0 Å². The van der Waals surface area contributed by atoms with Crippen molar-refractivity contribution in [2.75, 3.05) is 13.7 Å². The summed E-state index contributed by atoms with van der Waals surface area (Å²) in [6.07, 6.45) is -4.75. The number of carbonyl (C=O) groups is 1. The lowest BCUT2D eigenvalue weighted by Crippen LogP contribution is -2.37. The number of ether oxygens (including phenoxy) is 2. The van der Waals surface area contributed by atoms with Crippen molar-refractivity contribution in [2.24, 2.45) is 5.11 Å². The molecule has 0 saturated carbocycles. The van der Waals surface area contributed by atoms with E-state index in [9.17, 15) is 15.0 Å². The zero-order valence-electron chi connectivity index (χ0n) is 7.98. The SMILES string of the molecule is COC(=O)[C@@H]1O[C@H](CN=[N+]=[N-])[C@@H](O)[C@H]1O. The van der Waals surface area contributed by atoms with Crippen molar-refractivity contribution in [2.45, 2.75) is 24.4 Å². The molecule has 0 unspecified atom stereocenters. The van der Waals surface area contributed by atoms with Crippen molar-refractivity contribution in [1.29, 1.82) is 0 Å². The number of aliphatic hydroxyl groups is 2. The Balaban J connectivity index is 2.66. The van der Waals surface area contributed by atoms with Crippen molar-refractivity contribution >= 4 is 5.97 Å². The van der Waals surface area contributed by atoms with Crippen molar-refractivity contribution in [3.05, 3.63) is 10.4 Å². The van der Waals surface area contributed by atoms with Gasteiger partial charge in [0.2, 0.25) is 0 Å². The van der Waals surface area contributed by atoms with Gasteiger partial charge in [0.25, 0.3) is 0 Å². The van der Waals surface area contributed by atoms with E-state index < -0.39 is 30.4 Å². The first kappa shape index (κ1) is 11.7. The predicted octanol–water partition coefficient (Wildman–Crippen LogP) is -1.04. The van der Waals surface area contributed by atoms with Crippen molar-refractivity contribution in [3.8, 4) is 0 Å². The molecule has 1 saturated heterocycles. The van der Waals surface area contributed by atoms with Gasteiger partial charge in [-0.25, -0.2) is 4.79 Å². The molecule has 0 radical (unpaired) electrons. The normalized spacial score (nSPS) is 34.6. The molecule has 2 N–H and O–H groups in total. The molecule has 4 atom stereocenters. The number of carbonyl (C=O) groups excluding carboxylic acids is 1. The van der Waals surface area contributed by atoms with Crippen LogP contribution in [0.15, 0.2) is 5.11 Å². The molecule has 1 heterocycles. The van der Waals surface area contributed by atoms with Gasteiger partial charge in [-0.05, 0) is 5.53 Å². The standard InChI is InChI=1S/C7H11N3O5/c1-14-7(13)6-5(12)4(11)3(15-6)2-9-10-8/h3-6,11-12H,2H2,1H3/t3-,4-,5-,6-/m1/s1. The molecule has 0 amide bonds. The molecule has 1 aliphatic rings. The van der Waals surface area contributed by atoms with E-state index in [4.69, 9.17) is 10.3 Å². The van der Waals surface area contributed by atoms with Crippen LogP contribution in [-0.2, 0) is 14.3 Å². The molecular formula is C7H11N3O5. The Hall–Kier alpha value is -1.34. The highest BCUT2D eigenvalue weighted by atomic mass is 16.6. The summed E-state index contributed by atoms with van der Waals surface area (Å²) in [6, 6.07) is 0. The number of hydrogen-bond acceptors (Lipinski definition) is 6. The van der Waals surface area contributed by atoms with Gasteiger partial charge in [0.15, 0.2) is 6.10 Å². The van der Waals surface area contributed by atoms with Crippen LogP contribution in [0.5, 0.6) is 0 Å². The van der Waals surface area contributed by atoms with Gasteiger partial charge in [0.1, 0.15) is 12.2 Å². The summed E-state index contributed by atoms with van der Waals surface area (Å²) in [5.41, 5.74) is 8.07. The number of nitrogens with zero attached hydrogens (tertiary/aromatic N) is 3. The van der Waals surface area contributed by atoms with Crippen LogP contribution in [0.2, 0.25) is 0 Å². The Morgan fingerprint density at radius 2 is 2.27 bits per heavy atom. The molecule has 0 aromatic rings. The van der Waals surface area contributed by atoms with E-state index in [2.05, 4.69) is 14.8 Å². The summed E-state index contributed by atoms with van der Waals surface area (Å²) in [5, 5.41) is 22.0. The Morgan fingerprint density at radius 3 is 2.80 bits per heavy atom. The third-order valence-electron chi connectivity index (χ3n) is 2.12. The molecule has 8 heteroatoms. The fourth-order valence-corrected chi connectivity index (χ4v) is 1.33. The van der Waals surface area contributed by atoms with Crippen LogP contribution in [0.3, 0.4) is 0 Å². The number of aliphatic hydroxyl groups excluding tert-OH is 2. The average Bonchev–Trinajstić information content (AvgIpc) is 2.53. The molecule has 1 aliphatic heterocycles. The highest BCUT2D eigenvalue weighted by Gasteiger charge is 2.46. The number of rotatable bonds is 3. The summed E-state index contributed by atoms with van der Waals surface area (Å²) in [5.74, 6) is -0.773. The second-order valence-corrected chi connectivity index (χ2v) is 3.01. The number of azide groups is 1. The molecule has 1 fully saturated rings. The second kappa shape index (κ2) is 4.94. The zero-order chi connectivity index (χ0) is 11.4. The fourth-order valence-electron chi connectivity index (χ4n) is 1.33. The molecule has 8 nitrogen and oxygen atoms in total.